The molecule has 0 aliphatic rings. The highest BCUT2D eigenvalue weighted by Gasteiger charge is 2.31. The van der Waals surface area contributed by atoms with E-state index in [1.54, 1.807) is 13.8 Å². The second-order valence-corrected chi connectivity index (χ2v) is 11.5. The quantitative estimate of drug-likeness (QED) is 0.0790. The lowest BCUT2D eigenvalue weighted by molar-refractivity contribution is -0.144. The van der Waals surface area contributed by atoms with Gasteiger partial charge in [0.05, 0.1) is 0 Å². The number of nitrogens with one attached hydrogen (secondary N) is 4. The summed E-state index contributed by atoms with van der Waals surface area (Å²) in [4.78, 5) is 103. The van der Waals surface area contributed by atoms with Crippen LogP contribution in [0.1, 0.15) is 58.4 Å². The van der Waals surface area contributed by atoms with Crippen molar-refractivity contribution in [1.82, 2.24) is 21.3 Å². The van der Waals surface area contributed by atoms with Crippen LogP contribution < -0.4 is 25.8 Å². The number of rotatable bonds is 20. The lowest BCUT2D eigenvalue weighted by Crippen LogP contribution is -2.54. The first-order valence-electron chi connectivity index (χ1n) is 14.0. The van der Waals surface area contributed by atoms with E-state index in [0.29, 0.717) is 12.0 Å². The molecule has 0 spiro atoms. The topological polar surface area (TPSA) is 295 Å². The first-order valence-corrected chi connectivity index (χ1v) is 15.5. The minimum absolute atomic E-state index is 0.164. The Morgan fingerprint density at radius 2 is 1.35 bits per heavy atom. The molecule has 18 nitrogen and oxygen atoms in total. The van der Waals surface area contributed by atoms with Crippen LogP contribution in [-0.2, 0) is 44.5 Å². The zero-order valence-corrected chi connectivity index (χ0v) is 26.2. The van der Waals surface area contributed by atoms with Crippen LogP contribution in [0.2, 0.25) is 0 Å². The molecule has 0 aliphatic heterocycles. The number of amides is 4. The predicted octanol–water partition coefficient (Wildman–Crippen LogP) is -0.480. The van der Waals surface area contributed by atoms with Crippen molar-refractivity contribution in [3.8, 4) is 5.75 Å². The molecule has 1 aromatic rings. The molecular formula is C27H39N4O14P. The third kappa shape index (κ3) is 15.0. The van der Waals surface area contributed by atoms with Crippen molar-refractivity contribution >= 4 is 49.4 Å². The molecular weight excluding hydrogens is 635 g/mol. The zero-order valence-electron chi connectivity index (χ0n) is 25.3. The van der Waals surface area contributed by atoms with Gasteiger partial charge in [0.2, 0.25) is 23.6 Å². The van der Waals surface area contributed by atoms with Gasteiger partial charge in [0, 0.05) is 26.2 Å². The molecule has 1 rings (SSSR count). The van der Waals surface area contributed by atoms with Crippen LogP contribution in [0.5, 0.6) is 5.75 Å². The highest BCUT2D eigenvalue weighted by Crippen LogP contribution is 2.37. The molecule has 9 N–H and O–H groups in total. The average molecular weight is 675 g/mol. The summed E-state index contributed by atoms with van der Waals surface area (Å²) in [6.07, 6.45) is -1.72. The van der Waals surface area contributed by atoms with Crippen LogP contribution in [0.25, 0.3) is 0 Å². The summed E-state index contributed by atoms with van der Waals surface area (Å²) in [7, 11) is -4.81. The van der Waals surface area contributed by atoms with E-state index in [-0.39, 0.29) is 18.6 Å². The summed E-state index contributed by atoms with van der Waals surface area (Å²) >= 11 is 0. The Morgan fingerprint density at radius 3 is 1.83 bits per heavy atom. The van der Waals surface area contributed by atoms with Gasteiger partial charge in [0.15, 0.2) is 0 Å². The smallest absolute Gasteiger partial charge is 0.481 e. The maximum Gasteiger partial charge on any atom is 0.524 e. The third-order valence-corrected chi connectivity index (χ3v) is 7.08. The third-order valence-electron chi connectivity index (χ3n) is 6.63. The minimum atomic E-state index is -4.81. The number of carboxylic acids is 3. The molecule has 0 bridgehead atoms. The van der Waals surface area contributed by atoms with Crippen molar-refractivity contribution in [2.24, 2.45) is 5.92 Å². The van der Waals surface area contributed by atoms with Crippen molar-refractivity contribution in [3.05, 3.63) is 29.8 Å². The molecule has 0 fully saturated rings. The predicted molar refractivity (Wildman–Crippen MR) is 157 cm³/mol. The molecule has 0 aromatic heterocycles. The van der Waals surface area contributed by atoms with Crippen molar-refractivity contribution in [3.63, 3.8) is 0 Å². The number of hydrogen-bond acceptors (Lipinski definition) is 9. The van der Waals surface area contributed by atoms with E-state index in [0.717, 1.165) is 6.92 Å². The first kappa shape index (κ1) is 39.5. The van der Waals surface area contributed by atoms with Gasteiger partial charge in [-0.05, 0) is 36.5 Å². The van der Waals surface area contributed by atoms with Gasteiger partial charge in [-0.2, -0.15) is 0 Å². The number of carbonyl (C=O) groups is 7. The molecule has 19 heteroatoms. The Hall–Kier alpha value is -4.54. The molecule has 0 heterocycles. The molecule has 0 saturated carbocycles. The molecule has 0 aliphatic carbocycles. The van der Waals surface area contributed by atoms with E-state index in [4.69, 9.17) is 14.9 Å². The monoisotopic (exact) mass is 674 g/mol. The first-order chi connectivity index (χ1) is 21.3. The highest BCUT2D eigenvalue weighted by atomic mass is 31.2. The summed E-state index contributed by atoms with van der Waals surface area (Å²) in [5.74, 6) is -8.16. The number of carboxylic acid groups (broad SMARTS) is 3. The maximum absolute atomic E-state index is 13.0. The van der Waals surface area contributed by atoms with Crippen molar-refractivity contribution in [1.29, 1.82) is 0 Å². The van der Waals surface area contributed by atoms with Gasteiger partial charge in [-0.25, -0.2) is 14.2 Å². The Balaban J connectivity index is 2.96. The molecule has 256 valence electrons. The van der Waals surface area contributed by atoms with Crippen LogP contribution >= 0.6 is 7.82 Å². The van der Waals surface area contributed by atoms with Crippen molar-refractivity contribution in [2.75, 3.05) is 0 Å². The number of benzene rings is 1. The van der Waals surface area contributed by atoms with E-state index in [9.17, 15) is 48.3 Å². The minimum Gasteiger partial charge on any atom is -0.481 e. The standard InChI is InChI=1S/C27H39N4O14P/c1-4-14(2)23(27(40)41)31-24(36)18(10-12-22(34)35)29-21(33)11-9-19(26(38)39)30-25(37)20(28-15(3)32)13-16-5-7-17(8-6-16)45-46(42,43)44/h5-8,14,18-20,23H,4,9-13H2,1-3H3,(H,28,32)(H,29,33)(H,30,37)(H,31,36)(H,34,35)(H,38,39)(H,40,41)(H2,42,43,44)/t14-,18+,19+,20+,23+/m1/s1. The van der Waals surface area contributed by atoms with E-state index in [1.807, 2.05) is 0 Å². The normalized spacial score (nSPS) is 14.4. The summed E-state index contributed by atoms with van der Waals surface area (Å²) in [5, 5.41) is 37.3. The Kier molecular flexibility index (Phi) is 15.8. The molecule has 4 amide bonds. The van der Waals surface area contributed by atoms with Crippen LogP contribution in [0.15, 0.2) is 24.3 Å². The summed E-state index contributed by atoms with van der Waals surface area (Å²) in [5.41, 5.74) is 0.405. The van der Waals surface area contributed by atoms with Crippen molar-refractivity contribution < 1.29 is 67.8 Å². The van der Waals surface area contributed by atoms with Gasteiger partial charge in [-0.15, -0.1) is 0 Å². The summed E-state index contributed by atoms with van der Waals surface area (Å²) < 4.78 is 15.4. The Bertz CT molecular complexity index is 1320. The van der Waals surface area contributed by atoms with Gasteiger partial charge in [0.25, 0.3) is 0 Å². The SMILES string of the molecule is CC[C@@H](C)[C@H](NC(=O)[C@H](CCC(=O)O)NC(=O)CC[C@H](NC(=O)[C@H](Cc1ccc(OP(=O)(O)O)cc1)NC(C)=O)C(=O)O)C(=O)O. The largest absolute Gasteiger partial charge is 0.524 e. The van der Waals surface area contributed by atoms with Crippen LogP contribution in [0.3, 0.4) is 0 Å². The second-order valence-electron chi connectivity index (χ2n) is 10.4. The summed E-state index contributed by atoms with van der Waals surface area (Å²) in [6.45, 7) is 4.41. The van der Waals surface area contributed by atoms with Gasteiger partial charge in [-0.3, -0.25) is 33.8 Å². The number of aliphatic carboxylic acids is 3. The Morgan fingerprint density at radius 1 is 0.783 bits per heavy atom. The van der Waals surface area contributed by atoms with E-state index in [2.05, 4.69) is 25.8 Å². The highest BCUT2D eigenvalue weighted by molar-refractivity contribution is 7.46. The molecule has 0 radical (unpaired) electrons. The van der Waals surface area contributed by atoms with Crippen molar-refractivity contribution in [2.45, 2.75) is 83.5 Å². The van der Waals surface area contributed by atoms with Gasteiger partial charge >= 0.3 is 25.7 Å². The fourth-order valence-corrected chi connectivity index (χ4v) is 4.46. The fourth-order valence-electron chi connectivity index (χ4n) is 4.06. The Labute approximate surface area is 263 Å². The fraction of sp³-hybridized carbons (Fsp3) is 0.519. The molecule has 0 saturated heterocycles. The number of phosphoric ester groups is 1. The van der Waals surface area contributed by atoms with Crippen LogP contribution in [-0.4, -0.2) is 90.8 Å². The average Bonchev–Trinajstić information content (AvgIpc) is 2.94. The molecule has 5 atom stereocenters. The van der Waals surface area contributed by atoms with Gasteiger partial charge in [0.1, 0.15) is 29.9 Å². The van der Waals surface area contributed by atoms with Gasteiger partial charge < -0.3 is 41.1 Å². The van der Waals surface area contributed by atoms with Gasteiger partial charge in [-0.1, -0.05) is 32.4 Å². The van der Waals surface area contributed by atoms with E-state index in [1.165, 1.54) is 24.3 Å². The number of hydrogen-bond donors (Lipinski definition) is 9. The van der Waals surface area contributed by atoms with Crippen LogP contribution in [0, 0.1) is 5.92 Å². The van der Waals surface area contributed by atoms with E-state index < -0.39 is 98.7 Å². The summed E-state index contributed by atoms with van der Waals surface area (Å²) in [6, 6.07) is -0.529. The lowest BCUT2D eigenvalue weighted by atomic mass is 9.98. The molecule has 0 unspecified atom stereocenters. The van der Waals surface area contributed by atoms with Crippen LogP contribution in [0.4, 0.5) is 0 Å². The lowest BCUT2D eigenvalue weighted by Gasteiger charge is -2.24. The van der Waals surface area contributed by atoms with E-state index >= 15 is 0 Å². The number of carbonyl (C=O) groups excluding carboxylic acids is 4. The maximum atomic E-state index is 13.0. The molecule has 1 aromatic carbocycles. The second kappa shape index (κ2) is 18.4. The zero-order chi connectivity index (χ0) is 35.2. The number of phosphoric acid groups is 1. The molecule has 46 heavy (non-hydrogen) atoms.